The predicted octanol–water partition coefficient (Wildman–Crippen LogP) is 2.92. The fraction of sp³-hybridized carbons (Fsp3) is 0. The molecule has 1 aliphatic heterocycles. The Morgan fingerprint density at radius 3 is 2.11 bits per heavy atom. The number of cyclic esters (lactones) is 2. The first-order chi connectivity index (χ1) is 9.25. The van der Waals surface area contributed by atoms with Gasteiger partial charge >= 0.3 is 11.9 Å². The van der Waals surface area contributed by atoms with Gasteiger partial charge in [-0.3, -0.25) is 0 Å². The first kappa shape index (κ1) is 11.4. The van der Waals surface area contributed by atoms with Crippen LogP contribution in [0.15, 0.2) is 54.6 Å². The van der Waals surface area contributed by atoms with Gasteiger partial charge in [0.15, 0.2) is 0 Å². The molecule has 0 saturated heterocycles. The summed E-state index contributed by atoms with van der Waals surface area (Å²) in [6.45, 7) is 0. The van der Waals surface area contributed by atoms with E-state index in [-0.39, 0.29) is 0 Å². The molecule has 2 aromatic rings. The molecule has 1 aliphatic rings. The van der Waals surface area contributed by atoms with Crippen molar-refractivity contribution in [3.8, 4) is 0 Å². The largest absolute Gasteiger partial charge is 0.386 e. The molecule has 0 amide bonds. The normalized spacial score (nSPS) is 16.1. The second-order valence-corrected chi connectivity index (χ2v) is 4.19. The first-order valence-electron chi connectivity index (χ1n) is 5.88. The zero-order valence-electron chi connectivity index (χ0n) is 10.00. The van der Waals surface area contributed by atoms with E-state index < -0.39 is 11.9 Å². The number of carbonyl (C=O) groups excluding carboxylic acids is 2. The van der Waals surface area contributed by atoms with Crippen molar-refractivity contribution in [2.75, 3.05) is 0 Å². The third-order valence-corrected chi connectivity index (χ3v) is 2.95. The van der Waals surface area contributed by atoms with Gasteiger partial charge in [-0.25, -0.2) is 9.59 Å². The van der Waals surface area contributed by atoms with Gasteiger partial charge in [0.2, 0.25) is 0 Å². The molecule has 0 atom stereocenters. The second kappa shape index (κ2) is 4.53. The van der Waals surface area contributed by atoms with Crippen LogP contribution in [0.3, 0.4) is 0 Å². The molecule has 1 heterocycles. The lowest BCUT2D eigenvalue weighted by atomic mass is 9.96. The number of fused-ring (bicyclic) bond motifs is 1. The minimum Gasteiger partial charge on any atom is -0.386 e. The van der Waals surface area contributed by atoms with Gasteiger partial charge in [-0.2, -0.15) is 0 Å². The lowest BCUT2D eigenvalue weighted by Gasteiger charge is -2.16. The molecule has 0 unspecified atom stereocenters. The molecular formula is C16H10O3. The maximum absolute atomic E-state index is 11.9. The summed E-state index contributed by atoms with van der Waals surface area (Å²) in [5.74, 6) is -1.20. The van der Waals surface area contributed by atoms with Crippen LogP contribution in [0.4, 0.5) is 0 Å². The minimum atomic E-state index is -0.604. The molecule has 2 aromatic carbocycles. The van der Waals surface area contributed by atoms with Crippen LogP contribution < -0.4 is 0 Å². The van der Waals surface area contributed by atoms with Crippen molar-refractivity contribution in [2.45, 2.75) is 0 Å². The highest BCUT2D eigenvalue weighted by Gasteiger charge is 2.28. The van der Waals surface area contributed by atoms with E-state index in [2.05, 4.69) is 0 Å². The summed E-state index contributed by atoms with van der Waals surface area (Å²) < 4.78 is 4.75. The van der Waals surface area contributed by atoms with Crippen LogP contribution in [0, 0.1) is 0 Å². The summed E-state index contributed by atoms with van der Waals surface area (Å²) in [5.41, 5.74) is 2.33. The Labute approximate surface area is 110 Å². The van der Waals surface area contributed by atoms with E-state index in [1.165, 1.54) is 0 Å². The Balaban J connectivity index is 2.16. The van der Waals surface area contributed by atoms with E-state index in [4.69, 9.17) is 4.74 Å². The van der Waals surface area contributed by atoms with Crippen molar-refractivity contribution in [2.24, 2.45) is 0 Å². The molecule has 3 heteroatoms. The van der Waals surface area contributed by atoms with Gasteiger partial charge in [-0.05, 0) is 17.7 Å². The molecule has 0 aromatic heterocycles. The molecule has 0 saturated carbocycles. The molecular weight excluding hydrogens is 240 g/mol. The van der Waals surface area contributed by atoms with Crippen molar-refractivity contribution < 1.29 is 14.3 Å². The molecule has 0 bridgehead atoms. The highest BCUT2D eigenvalue weighted by molar-refractivity contribution is 6.29. The van der Waals surface area contributed by atoms with Crippen LogP contribution in [0.2, 0.25) is 0 Å². The van der Waals surface area contributed by atoms with Crippen molar-refractivity contribution in [1.29, 1.82) is 0 Å². The van der Waals surface area contributed by atoms with Gasteiger partial charge in [-0.15, -0.1) is 0 Å². The van der Waals surface area contributed by atoms with Crippen molar-refractivity contribution in [3.05, 3.63) is 71.3 Å². The summed E-state index contributed by atoms with van der Waals surface area (Å²) >= 11 is 0. The average molecular weight is 250 g/mol. The molecule has 3 rings (SSSR count). The Bertz CT molecular complexity index is 684. The van der Waals surface area contributed by atoms with Crippen LogP contribution in [0.25, 0.3) is 11.6 Å². The summed E-state index contributed by atoms with van der Waals surface area (Å²) in [7, 11) is 0. The van der Waals surface area contributed by atoms with Gasteiger partial charge in [0.05, 0.1) is 11.1 Å². The number of hydrogen-bond donors (Lipinski definition) is 0. The van der Waals surface area contributed by atoms with Crippen molar-refractivity contribution >= 4 is 23.6 Å². The first-order valence-corrected chi connectivity index (χ1v) is 5.88. The van der Waals surface area contributed by atoms with E-state index in [1.54, 1.807) is 30.3 Å². The van der Waals surface area contributed by atoms with Crippen LogP contribution in [-0.2, 0) is 9.53 Å². The van der Waals surface area contributed by atoms with Gasteiger partial charge < -0.3 is 4.74 Å². The number of ether oxygens (including phenoxy) is 1. The van der Waals surface area contributed by atoms with E-state index >= 15 is 0 Å². The fourth-order valence-corrected chi connectivity index (χ4v) is 2.05. The monoisotopic (exact) mass is 250 g/mol. The van der Waals surface area contributed by atoms with E-state index in [0.29, 0.717) is 16.7 Å². The molecule has 92 valence electrons. The quantitative estimate of drug-likeness (QED) is 0.444. The molecule has 19 heavy (non-hydrogen) atoms. The van der Waals surface area contributed by atoms with Crippen LogP contribution in [0.5, 0.6) is 0 Å². The van der Waals surface area contributed by atoms with E-state index in [1.807, 2.05) is 30.3 Å². The SMILES string of the molecule is O=C1OC(=O)c2ccccc2/C1=C\c1ccccc1. The third kappa shape index (κ3) is 2.06. The summed E-state index contributed by atoms with van der Waals surface area (Å²) in [5, 5.41) is 0. The maximum atomic E-state index is 11.9. The minimum absolute atomic E-state index is 0.404. The van der Waals surface area contributed by atoms with Gasteiger partial charge in [-0.1, -0.05) is 48.5 Å². The smallest absolute Gasteiger partial charge is 0.346 e. The van der Waals surface area contributed by atoms with Gasteiger partial charge in [0.25, 0.3) is 0 Å². The number of hydrogen-bond acceptors (Lipinski definition) is 3. The summed E-state index contributed by atoms with van der Waals surface area (Å²) in [6, 6.07) is 16.4. The van der Waals surface area contributed by atoms with E-state index in [0.717, 1.165) is 5.56 Å². The molecule has 0 spiro atoms. The lowest BCUT2D eigenvalue weighted by Crippen LogP contribution is -2.21. The van der Waals surface area contributed by atoms with Crippen LogP contribution >= 0.6 is 0 Å². The summed E-state index contributed by atoms with van der Waals surface area (Å²) in [6.07, 6.45) is 1.73. The summed E-state index contributed by atoms with van der Waals surface area (Å²) in [4.78, 5) is 23.5. The molecule has 0 fully saturated rings. The third-order valence-electron chi connectivity index (χ3n) is 2.95. The average Bonchev–Trinajstić information content (AvgIpc) is 2.45. The molecule has 3 nitrogen and oxygen atoms in total. The highest BCUT2D eigenvalue weighted by Crippen LogP contribution is 2.28. The Morgan fingerprint density at radius 1 is 0.737 bits per heavy atom. The zero-order valence-corrected chi connectivity index (χ0v) is 10.00. The van der Waals surface area contributed by atoms with Crippen molar-refractivity contribution in [1.82, 2.24) is 0 Å². The predicted molar refractivity (Wildman–Crippen MR) is 71.2 cm³/mol. The number of benzene rings is 2. The Morgan fingerprint density at radius 2 is 1.37 bits per heavy atom. The zero-order chi connectivity index (χ0) is 13.2. The number of esters is 2. The van der Waals surface area contributed by atoms with Crippen LogP contribution in [-0.4, -0.2) is 11.9 Å². The van der Waals surface area contributed by atoms with Gasteiger partial charge in [0, 0.05) is 5.56 Å². The van der Waals surface area contributed by atoms with Crippen molar-refractivity contribution in [3.63, 3.8) is 0 Å². The number of rotatable bonds is 1. The standard InChI is InChI=1S/C16H10O3/c17-15-13-9-5-4-8-12(13)14(16(18)19-15)10-11-6-2-1-3-7-11/h1-10H/b14-10+. The molecule has 0 radical (unpaired) electrons. The van der Waals surface area contributed by atoms with Crippen LogP contribution in [0.1, 0.15) is 21.5 Å². The lowest BCUT2D eigenvalue weighted by molar-refractivity contribution is -0.131. The molecule has 0 N–H and O–H groups in total. The van der Waals surface area contributed by atoms with Gasteiger partial charge in [0.1, 0.15) is 0 Å². The fourth-order valence-electron chi connectivity index (χ4n) is 2.05. The second-order valence-electron chi connectivity index (χ2n) is 4.19. The Kier molecular flexibility index (Phi) is 2.72. The maximum Gasteiger partial charge on any atom is 0.346 e. The topological polar surface area (TPSA) is 43.4 Å². The van der Waals surface area contributed by atoms with E-state index in [9.17, 15) is 9.59 Å². The Hall–Kier alpha value is -2.68. The highest BCUT2D eigenvalue weighted by atomic mass is 16.6. The number of carbonyl (C=O) groups is 2. The molecule has 0 aliphatic carbocycles.